The minimum atomic E-state index is 0. The molecule has 1 N–H and O–H groups in total. The van der Waals surface area contributed by atoms with Gasteiger partial charge >= 0.3 is 31.1 Å². The van der Waals surface area contributed by atoms with E-state index >= 15 is 0 Å². The topological polar surface area (TPSA) is 88.5 Å². The van der Waals surface area contributed by atoms with Crippen molar-refractivity contribution in [1.82, 2.24) is 9.88 Å². The number of aromatic amines is 1. The molecule has 1 fully saturated rings. The molecule has 1 aromatic heterocycles. The molecule has 0 aliphatic carbocycles. The number of benzene rings is 1. The summed E-state index contributed by atoms with van der Waals surface area (Å²) in [6, 6.07) is 5.60. The van der Waals surface area contributed by atoms with E-state index in [4.69, 9.17) is 14.2 Å². The first kappa shape index (κ1) is 30.6. The maximum atomic E-state index is 12.1. The van der Waals surface area contributed by atoms with Gasteiger partial charge in [-0.15, -0.1) is 18.4 Å². The molecule has 35 heavy (non-hydrogen) atoms. The van der Waals surface area contributed by atoms with Crippen molar-refractivity contribution in [3.8, 4) is 11.5 Å². The minimum absolute atomic E-state index is 0. The Kier molecular flexibility index (Phi) is 14.2. The van der Waals surface area contributed by atoms with E-state index in [1.807, 2.05) is 20.8 Å². The predicted molar refractivity (Wildman–Crippen MR) is 136 cm³/mol. The molecule has 1 amide bonds. The van der Waals surface area contributed by atoms with Gasteiger partial charge in [-0.3, -0.25) is 9.79 Å². The van der Waals surface area contributed by atoms with E-state index in [9.17, 15) is 4.79 Å². The first-order valence-electron chi connectivity index (χ1n) is 11.1. The quantitative estimate of drug-likeness (QED) is 0.323. The molecule has 2 heterocycles. The fraction of sp³-hybridized carbons (Fsp3) is 0.385. The number of aliphatic imine (C=N–C) groups is 2. The standard InChI is InChI=1S/C18H23N2O4.C8H11N2.U/c1-4-5-14-12-16(22-3)17(13-15(14)19-2)24-9-6-18(21)20-7-10-23-11-8-20;1-4-9-8-6(2)5-7(3)10-8;/h4,12-13H,2,6-11H2,1,3H3;4-5,10H,1H2,2-3H3;/q2*-1;+2. The average molecular weight is 705 g/mol. The molecule has 0 saturated carbocycles. The van der Waals surface area contributed by atoms with Crippen LogP contribution in [0.3, 0.4) is 0 Å². The van der Waals surface area contributed by atoms with Crippen molar-refractivity contribution in [2.24, 2.45) is 9.98 Å². The average Bonchev–Trinajstić information content (AvgIpc) is 3.17. The first-order chi connectivity index (χ1) is 16.4. The van der Waals surface area contributed by atoms with Crippen molar-refractivity contribution < 1.29 is 50.1 Å². The van der Waals surface area contributed by atoms with Gasteiger partial charge < -0.3 is 36.0 Å². The smallest absolute Gasteiger partial charge is 0.506 e. The third-order valence-electron chi connectivity index (χ3n) is 5.03. The molecule has 2 aromatic rings. The Morgan fingerprint density at radius 1 is 1.29 bits per heavy atom. The molecule has 0 bridgehead atoms. The molecule has 1 aliphatic rings. The van der Waals surface area contributed by atoms with Crippen molar-refractivity contribution in [3.63, 3.8) is 0 Å². The first-order valence-corrected chi connectivity index (χ1v) is 11.1. The van der Waals surface area contributed by atoms with Gasteiger partial charge in [-0.1, -0.05) is 6.92 Å². The number of nitrogens with zero attached hydrogens (tertiary/aromatic N) is 3. The molecule has 186 valence electrons. The van der Waals surface area contributed by atoms with Crippen LogP contribution in [0.25, 0.3) is 0 Å². The second-order valence-electron chi connectivity index (χ2n) is 7.50. The van der Waals surface area contributed by atoms with Crippen LogP contribution in [0, 0.1) is 58.0 Å². The number of aromatic nitrogens is 1. The number of allylic oxidation sites excluding steroid dienone is 1. The van der Waals surface area contributed by atoms with Gasteiger partial charge in [0.25, 0.3) is 0 Å². The number of methoxy groups -OCH3 is 1. The number of carbonyl (C=O) groups excluding carboxylic acids is 1. The Morgan fingerprint density at radius 2 is 2.00 bits per heavy atom. The monoisotopic (exact) mass is 704 g/mol. The minimum Gasteiger partial charge on any atom is -0.506 e. The molecule has 9 heteroatoms. The third-order valence-corrected chi connectivity index (χ3v) is 5.03. The van der Waals surface area contributed by atoms with Crippen molar-refractivity contribution in [3.05, 3.63) is 54.1 Å². The van der Waals surface area contributed by atoms with Crippen LogP contribution in [0.4, 0.5) is 11.5 Å². The van der Waals surface area contributed by atoms with Crippen LogP contribution < -0.4 is 9.47 Å². The second-order valence-corrected chi connectivity index (χ2v) is 7.50. The van der Waals surface area contributed by atoms with Crippen molar-refractivity contribution >= 4 is 30.3 Å². The summed E-state index contributed by atoms with van der Waals surface area (Å²) >= 11 is 0. The summed E-state index contributed by atoms with van der Waals surface area (Å²) in [5.41, 5.74) is 3.74. The van der Waals surface area contributed by atoms with Gasteiger partial charge in [0.2, 0.25) is 5.91 Å². The van der Waals surface area contributed by atoms with Gasteiger partial charge in [-0.25, -0.2) is 0 Å². The SMILES string of the molecule is C=Nc1cc(OCCC(=O)N2CCOCC2)c(OC)cc1[C-]=CC.[CH2-]C=Nc1[nH]c(C)cc1C.[U+2]. The molecular formula is C26H34N4O4U. The molecule has 1 saturated heterocycles. The maximum absolute atomic E-state index is 12.1. The largest absolute Gasteiger partial charge is 2.00 e. The molecule has 0 atom stereocenters. The normalized spacial score (nSPS) is 13.2. The van der Waals surface area contributed by atoms with E-state index < -0.39 is 0 Å². The number of hydrogen-bond acceptors (Lipinski definition) is 6. The molecular weight excluding hydrogens is 670 g/mol. The Hall–Kier alpha value is -2.47. The van der Waals surface area contributed by atoms with E-state index in [2.05, 4.69) is 40.8 Å². The van der Waals surface area contributed by atoms with E-state index in [1.54, 1.807) is 30.2 Å². The summed E-state index contributed by atoms with van der Waals surface area (Å²) in [6.45, 7) is 15.7. The number of carbonyl (C=O) groups is 1. The number of hydrogen-bond donors (Lipinski definition) is 1. The van der Waals surface area contributed by atoms with Crippen LogP contribution in [0.5, 0.6) is 11.5 Å². The number of rotatable bonds is 8. The fourth-order valence-corrected chi connectivity index (χ4v) is 3.38. The molecule has 0 unspecified atom stereocenters. The van der Waals surface area contributed by atoms with E-state index in [0.717, 1.165) is 22.6 Å². The summed E-state index contributed by atoms with van der Waals surface area (Å²) < 4.78 is 16.3. The van der Waals surface area contributed by atoms with Crippen LogP contribution in [-0.2, 0) is 9.53 Å². The molecule has 1 aromatic carbocycles. The molecule has 8 nitrogen and oxygen atoms in total. The zero-order chi connectivity index (χ0) is 24.9. The zero-order valence-electron chi connectivity index (χ0n) is 21.0. The van der Waals surface area contributed by atoms with Crippen LogP contribution in [-0.4, -0.2) is 68.7 Å². The second kappa shape index (κ2) is 16.2. The van der Waals surface area contributed by atoms with Crippen molar-refractivity contribution in [1.29, 1.82) is 0 Å². The maximum Gasteiger partial charge on any atom is 2.00 e. The Morgan fingerprint density at radius 3 is 2.54 bits per heavy atom. The Bertz CT molecular complexity index is 1010. The van der Waals surface area contributed by atoms with Crippen molar-refractivity contribution in [2.45, 2.75) is 27.2 Å². The Labute approximate surface area is 232 Å². The summed E-state index contributed by atoms with van der Waals surface area (Å²) in [7, 11) is 1.57. The number of nitrogens with one attached hydrogen (secondary N) is 1. The van der Waals surface area contributed by atoms with Gasteiger partial charge in [-0.2, -0.15) is 11.6 Å². The fourth-order valence-electron chi connectivity index (χ4n) is 3.38. The summed E-state index contributed by atoms with van der Waals surface area (Å²) in [4.78, 5) is 25.0. The molecule has 0 spiro atoms. The van der Waals surface area contributed by atoms with Crippen molar-refractivity contribution in [2.75, 3.05) is 40.0 Å². The van der Waals surface area contributed by atoms with E-state index in [0.29, 0.717) is 49.9 Å². The summed E-state index contributed by atoms with van der Waals surface area (Å²) in [5, 5.41) is 0. The number of H-pyrrole nitrogens is 1. The molecule has 1 aliphatic heterocycles. The van der Waals surface area contributed by atoms with Gasteiger partial charge in [0, 0.05) is 18.8 Å². The third kappa shape index (κ3) is 9.60. The number of amides is 1. The zero-order valence-corrected chi connectivity index (χ0v) is 25.2. The number of aryl methyl sites for hydroxylation is 2. The number of ether oxygens (including phenoxy) is 3. The van der Waals surface area contributed by atoms with Crippen LogP contribution in [0.1, 0.15) is 30.2 Å². The molecule has 3 rings (SSSR count). The van der Waals surface area contributed by atoms with Gasteiger partial charge in [0.1, 0.15) is 17.3 Å². The van der Waals surface area contributed by atoms with E-state index in [-0.39, 0.29) is 43.6 Å². The van der Waals surface area contributed by atoms with Crippen LogP contribution in [0.2, 0.25) is 0 Å². The molecule has 0 radical (unpaired) electrons. The van der Waals surface area contributed by atoms with Crippen LogP contribution in [0.15, 0.2) is 34.3 Å². The van der Waals surface area contributed by atoms with Gasteiger partial charge in [-0.05, 0) is 43.9 Å². The summed E-state index contributed by atoms with van der Waals surface area (Å²) in [5.74, 6) is 2.09. The van der Waals surface area contributed by atoms with Gasteiger partial charge in [0.05, 0.1) is 33.4 Å². The number of morpholine rings is 1. The van der Waals surface area contributed by atoms with E-state index in [1.165, 1.54) is 6.21 Å². The van der Waals surface area contributed by atoms with Crippen LogP contribution >= 0.6 is 0 Å². The Balaban J connectivity index is 0.000000468. The predicted octanol–water partition coefficient (Wildman–Crippen LogP) is 4.55. The summed E-state index contributed by atoms with van der Waals surface area (Å²) in [6.07, 6.45) is 6.72. The van der Waals surface area contributed by atoms with Gasteiger partial charge in [0.15, 0.2) is 0 Å².